The van der Waals surface area contributed by atoms with Crippen LogP contribution < -0.4 is 5.73 Å². The molecular weight excluding hydrogens is 222 g/mol. The van der Waals surface area contributed by atoms with Gasteiger partial charge in [0.25, 0.3) is 0 Å². The number of hydrogen-bond donors (Lipinski definition) is 1. The fourth-order valence-corrected chi connectivity index (χ4v) is 2.01. The number of aromatic nitrogens is 2. The highest BCUT2D eigenvalue weighted by Crippen LogP contribution is 2.25. The van der Waals surface area contributed by atoms with Crippen molar-refractivity contribution in [2.24, 2.45) is 5.73 Å². The van der Waals surface area contributed by atoms with Crippen molar-refractivity contribution in [1.82, 2.24) is 9.38 Å². The Kier molecular flexibility index (Phi) is 2.91. The number of fused-ring (bicyclic) bond motifs is 1. The normalized spacial score (nSPS) is 13.6. The van der Waals surface area contributed by atoms with E-state index in [0.29, 0.717) is 11.1 Å². The van der Waals surface area contributed by atoms with Crippen molar-refractivity contribution in [3.05, 3.63) is 34.9 Å². The average Bonchev–Trinajstić information content (AvgIpc) is 2.56. The van der Waals surface area contributed by atoms with Gasteiger partial charge in [-0.05, 0) is 24.6 Å². The Balaban J connectivity index is 2.67. The second-order valence-corrected chi connectivity index (χ2v) is 4.78. The van der Waals surface area contributed by atoms with Crippen LogP contribution in [-0.4, -0.2) is 9.38 Å². The molecule has 2 aromatic heterocycles. The summed E-state index contributed by atoms with van der Waals surface area (Å²) < 4.78 is 2.03. The summed E-state index contributed by atoms with van der Waals surface area (Å²) >= 11 is 6.13. The fourth-order valence-electron chi connectivity index (χ4n) is 1.78. The van der Waals surface area contributed by atoms with E-state index in [0.717, 1.165) is 16.9 Å². The number of nitrogens with zero attached hydrogens (tertiary/aromatic N) is 2. The number of rotatable bonds is 2. The van der Waals surface area contributed by atoms with Gasteiger partial charge in [0.05, 0.1) is 5.52 Å². The molecule has 0 aliphatic rings. The minimum absolute atomic E-state index is 0.0125. The van der Waals surface area contributed by atoms with E-state index in [4.69, 9.17) is 17.3 Å². The van der Waals surface area contributed by atoms with Crippen LogP contribution in [0.4, 0.5) is 0 Å². The van der Waals surface area contributed by atoms with Gasteiger partial charge in [0, 0.05) is 18.2 Å². The second-order valence-electron chi connectivity index (χ2n) is 4.42. The summed E-state index contributed by atoms with van der Waals surface area (Å²) in [6, 6.07) is 4.03. The molecule has 4 heteroatoms. The number of pyridine rings is 1. The van der Waals surface area contributed by atoms with Gasteiger partial charge in [0.15, 0.2) is 5.15 Å². The molecule has 1 atom stereocenters. The first kappa shape index (κ1) is 11.4. The topological polar surface area (TPSA) is 43.3 Å². The van der Waals surface area contributed by atoms with Gasteiger partial charge in [-0.25, -0.2) is 4.98 Å². The molecule has 2 rings (SSSR count). The van der Waals surface area contributed by atoms with Crippen molar-refractivity contribution >= 4 is 17.1 Å². The highest BCUT2D eigenvalue weighted by molar-refractivity contribution is 6.32. The Morgan fingerprint density at radius 2 is 2.06 bits per heavy atom. The van der Waals surface area contributed by atoms with E-state index < -0.39 is 0 Å². The molecule has 0 fully saturated rings. The summed E-state index contributed by atoms with van der Waals surface area (Å²) in [7, 11) is 0. The minimum Gasteiger partial charge on any atom is -0.324 e. The molecule has 86 valence electrons. The Morgan fingerprint density at radius 1 is 1.38 bits per heavy atom. The molecule has 0 radical (unpaired) electrons. The highest BCUT2D eigenvalue weighted by atomic mass is 35.5. The molecule has 1 unspecified atom stereocenters. The summed E-state index contributed by atoms with van der Waals surface area (Å²) in [5.74, 6) is 1.33. The van der Waals surface area contributed by atoms with Crippen LogP contribution in [0.15, 0.2) is 18.3 Å². The van der Waals surface area contributed by atoms with E-state index in [1.54, 1.807) is 0 Å². The SMILES string of the molecule is CC(C)c1nc(Cl)c2cc(C(C)N)ccn12. The van der Waals surface area contributed by atoms with Crippen molar-refractivity contribution < 1.29 is 0 Å². The van der Waals surface area contributed by atoms with Crippen molar-refractivity contribution in [1.29, 1.82) is 0 Å². The van der Waals surface area contributed by atoms with Crippen LogP contribution in [0.1, 0.15) is 44.1 Å². The molecule has 0 aliphatic carbocycles. The van der Waals surface area contributed by atoms with E-state index in [-0.39, 0.29) is 6.04 Å². The van der Waals surface area contributed by atoms with Crippen LogP contribution in [0.25, 0.3) is 5.52 Å². The first-order chi connectivity index (χ1) is 7.50. The van der Waals surface area contributed by atoms with Crippen LogP contribution in [0.3, 0.4) is 0 Å². The average molecular weight is 238 g/mol. The Labute approximate surface area is 100 Å². The molecule has 3 nitrogen and oxygen atoms in total. The third-order valence-electron chi connectivity index (χ3n) is 2.69. The summed E-state index contributed by atoms with van der Waals surface area (Å²) in [5.41, 5.74) is 7.85. The van der Waals surface area contributed by atoms with Crippen LogP contribution in [0.5, 0.6) is 0 Å². The number of hydrogen-bond acceptors (Lipinski definition) is 2. The Bertz CT molecular complexity index is 514. The molecule has 2 heterocycles. The zero-order valence-electron chi connectivity index (χ0n) is 9.74. The van der Waals surface area contributed by atoms with Crippen LogP contribution in [-0.2, 0) is 0 Å². The molecule has 0 aromatic carbocycles. The highest BCUT2D eigenvalue weighted by Gasteiger charge is 2.13. The quantitative estimate of drug-likeness (QED) is 0.872. The monoisotopic (exact) mass is 237 g/mol. The maximum atomic E-state index is 6.13. The number of halogens is 1. The lowest BCUT2D eigenvalue weighted by Gasteiger charge is -2.08. The predicted octanol–water partition coefficient (Wildman–Crippen LogP) is 3.13. The van der Waals surface area contributed by atoms with E-state index in [2.05, 4.69) is 18.8 Å². The van der Waals surface area contributed by atoms with Gasteiger partial charge in [-0.15, -0.1) is 0 Å². The second kappa shape index (κ2) is 4.07. The van der Waals surface area contributed by atoms with Gasteiger partial charge in [-0.3, -0.25) is 0 Å². The first-order valence-electron chi connectivity index (χ1n) is 5.43. The van der Waals surface area contributed by atoms with Gasteiger partial charge in [0.1, 0.15) is 5.82 Å². The molecule has 0 spiro atoms. The lowest BCUT2D eigenvalue weighted by Crippen LogP contribution is -2.05. The minimum atomic E-state index is 0.0125. The largest absolute Gasteiger partial charge is 0.324 e. The first-order valence-corrected chi connectivity index (χ1v) is 5.81. The molecular formula is C12H16ClN3. The maximum absolute atomic E-state index is 6.13. The lowest BCUT2D eigenvalue weighted by atomic mass is 10.1. The van der Waals surface area contributed by atoms with Crippen molar-refractivity contribution in [3.63, 3.8) is 0 Å². The zero-order valence-corrected chi connectivity index (χ0v) is 10.5. The van der Waals surface area contributed by atoms with Crippen LogP contribution in [0.2, 0.25) is 5.15 Å². The third kappa shape index (κ3) is 1.81. The molecule has 2 N–H and O–H groups in total. The van der Waals surface area contributed by atoms with Crippen molar-refractivity contribution in [2.75, 3.05) is 0 Å². The predicted molar refractivity (Wildman–Crippen MR) is 66.9 cm³/mol. The van der Waals surface area contributed by atoms with Crippen LogP contribution in [0, 0.1) is 0 Å². The van der Waals surface area contributed by atoms with E-state index >= 15 is 0 Å². The molecule has 0 aliphatic heterocycles. The molecule has 0 bridgehead atoms. The van der Waals surface area contributed by atoms with Crippen molar-refractivity contribution in [3.8, 4) is 0 Å². The molecule has 0 amide bonds. The van der Waals surface area contributed by atoms with Gasteiger partial charge in [-0.2, -0.15) is 0 Å². The van der Waals surface area contributed by atoms with Gasteiger partial charge in [-0.1, -0.05) is 25.4 Å². The summed E-state index contributed by atoms with van der Waals surface area (Å²) in [4.78, 5) is 4.38. The van der Waals surface area contributed by atoms with Gasteiger partial charge < -0.3 is 10.1 Å². The van der Waals surface area contributed by atoms with E-state index in [1.165, 1.54) is 0 Å². The van der Waals surface area contributed by atoms with E-state index in [9.17, 15) is 0 Å². The zero-order chi connectivity index (χ0) is 11.9. The lowest BCUT2D eigenvalue weighted by molar-refractivity contribution is 0.766. The number of nitrogens with two attached hydrogens (primary N) is 1. The van der Waals surface area contributed by atoms with Gasteiger partial charge >= 0.3 is 0 Å². The van der Waals surface area contributed by atoms with Gasteiger partial charge in [0.2, 0.25) is 0 Å². The standard InChI is InChI=1S/C12H16ClN3/c1-7(2)12-15-11(13)10-6-9(8(3)14)4-5-16(10)12/h4-8H,14H2,1-3H3. The van der Waals surface area contributed by atoms with Crippen molar-refractivity contribution in [2.45, 2.75) is 32.7 Å². The summed E-state index contributed by atoms with van der Waals surface area (Å²) in [6.07, 6.45) is 1.99. The number of imidazole rings is 1. The summed E-state index contributed by atoms with van der Waals surface area (Å²) in [5, 5.41) is 0.547. The fraction of sp³-hybridized carbons (Fsp3) is 0.417. The smallest absolute Gasteiger partial charge is 0.155 e. The summed E-state index contributed by atoms with van der Waals surface area (Å²) in [6.45, 7) is 6.16. The Hall–Kier alpha value is -1.06. The molecule has 16 heavy (non-hydrogen) atoms. The molecule has 0 saturated carbocycles. The Morgan fingerprint density at radius 3 is 2.62 bits per heavy atom. The van der Waals surface area contributed by atoms with Crippen LogP contribution >= 0.6 is 11.6 Å². The third-order valence-corrected chi connectivity index (χ3v) is 2.97. The maximum Gasteiger partial charge on any atom is 0.155 e. The molecule has 2 aromatic rings. The van der Waals surface area contributed by atoms with E-state index in [1.807, 2.05) is 29.7 Å². The molecule has 0 saturated heterocycles.